The zero-order valence-electron chi connectivity index (χ0n) is 10.3. The molecule has 1 aliphatic rings. The van der Waals surface area contributed by atoms with Gasteiger partial charge in [0.15, 0.2) is 0 Å². The fraction of sp³-hybridized carbons (Fsp3) is 0.462. The Morgan fingerprint density at radius 3 is 2.84 bits per heavy atom. The summed E-state index contributed by atoms with van der Waals surface area (Å²) in [5.41, 5.74) is 0.0944. The van der Waals surface area contributed by atoms with Crippen LogP contribution >= 0.6 is 0 Å². The summed E-state index contributed by atoms with van der Waals surface area (Å²) >= 11 is 0. The minimum Gasteiger partial charge on any atom is -0.434 e. The first-order valence-corrected chi connectivity index (χ1v) is 6.09. The minimum absolute atomic E-state index is 0.0944. The number of likely N-dealkylation sites (tertiary alicyclic amines) is 1. The average molecular weight is 271 g/mol. The van der Waals surface area contributed by atoms with Gasteiger partial charge < -0.3 is 14.7 Å². The number of hydrogen-bond acceptors (Lipinski definition) is 3. The van der Waals surface area contributed by atoms with Gasteiger partial charge in [-0.2, -0.15) is 8.78 Å². The van der Waals surface area contributed by atoms with Gasteiger partial charge in [-0.25, -0.2) is 0 Å². The number of alkyl halides is 2. The lowest BCUT2D eigenvalue weighted by Gasteiger charge is -2.30. The average Bonchev–Trinajstić information content (AvgIpc) is 2.38. The maximum absolute atomic E-state index is 12.3. The summed E-state index contributed by atoms with van der Waals surface area (Å²) in [5, 5.41) is 9.54. The van der Waals surface area contributed by atoms with Crippen molar-refractivity contribution >= 4 is 5.91 Å². The Morgan fingerprint density at radius 2 is 2.16 bits per heavy atom. The normalized spacial score (nSPS) is 19.6. The van der Waals surface area contributed by atoms with Crippen LogP contribution in [0.3, 0.4) is 0 Å². The van der Waals surface area contributed by atoms with Gasteiger partial charge in [0.25, 0.3) is 5.91 Å². The van der Waals surface area contributed by atoms with Crippen LogP contribution in [0.25, 0.3) is 0 Å². The van der Waals surface area contributed by atoms with Crippen molar-refractivity contribution in [1.82, 2.24) is 4.90 Å². The predicted octanol–water partition coefficient (Wildman–Crippen LogP) is 1.88. The number of aliphatic hydroxyl groups excluding tert-OH is 1. The standard InChI is InChI=1S/C13H15F2NO3/c14-13(15)19-11-6-2-1-5-10(11)12(18)16-7-3-4-9(17)8-16/h1-2,5-6,9,13,17H,3-4,7-8H2/t9-/m0/s1. The van der Waals surface area contributed by atoms with Crippen molar-refractivity contribution in [2.75, 3.05) is 13.1 Å². The van der Waals surface area contributed by atoms with E-state index < -0.39 is 18.6 Å². The smallest absolute Gasteiger partial charge is 0.387 e. The summed E-state index contributed by atoms with van der Waals surface area (Å²) in [5.74, 6) is -0.530. The Balaban J connectivity index is 2.18. The third kappa shape index (κ3) is 3.41. The molecule has 0 aromatic heterocycles. The molecule has 0 spiro atoms. The van der Waals surface area contributed by atoms with Crippen LogP contribution in [0, 0.1) is 0 Å². The molecule has 1 aliphatic heterocycles. The number of piperidine rings is 1. The second kappa shape index (κ2) is 5.97. The molecule has 0 aliphatic carbocycles. The van der Waals surface area contributed by atoms with Gasteiger partial charge in [-0.05, 0) is 25.0 Å². The SMILES string of the molecule is O=C(c1ccccc1OC(F)F)N1CCC[C@H](O)C1. The van der Waals surface area contributed by atoms with Crippen LogP contribution in [0.1, 0.15) is 23.2 Å². The van der Waals surface area contributed by atoms with E-state index in [2.05, 4.69) is 4.74 Å². The second-order valence-corrected chi connectivity index (χ2v) is 4.42. The van der Waals surface area contributed by atoms with Crippen LogP contribution in [0.2, 0.25) is 0 Å². The third-order valence-electron chi connectivity index (χ3n) is 3.02. The van der Waals surface area contributed by atoms with Gasteiger partial charge in [0.1, 0.15) is 5.75 Å². The molecule has 0 radical (unpaired) electrons. The number of nitrogens with zero attached hydrogens (tertiary/aromatic N) is 1. The van der Waals surface area contributed by atoms with E-state index in [4.69, 9.17) is 0 Å². The van der Waals surface area contributed by atoms with Crippen molar-refractivity contribution in [3.63, 3.8) is 0 Å². The molecule has 1 amide bonds. The van der Waals surface area contributed by atoms with Gasteiger partial charge in [0.2, 0.25) is 0 Å². The molecule has 4 nitrogen and oxygen atoms in total. The van der Waals surface area contributed by atoms with Crippen LogP contribution < -0.4 is 4.74 Å². The maximum Gasteiger partial charge on any atom is 0.387 e. The number of β-amino-alcohol motifs (C(OH)–C–C–N with tert-alkyl or cyclic N) is 1. The van der Waals surface area contributed by atoms with Gasteiger partial charge in [-0.1, -0.05) is 12.1 Å². The summed E-state index contributed by atoms with van der Waals surface area (Å²) in [6.07, 6.45) is 0.796. The van der Waals surface area contributed by atoms with E-state index >= 15 is 0 Å². The van der Waals surface area contributed by atoms with E-state index in [1.807, 2.05) is 0 Å². The van der Waals surface area contributed by atoms with Crippen molar-refractivity contribution < 1.29 is 23.4 Å². The number of carbonyl (C=O) groups excluding carboxylic acids is 1. The van der Waals surface area contributed by atoms with Crippen LogP contribution in [0.5, 0.6) is 5.75 Å². The molecule has 0 unspecified atom stereocenters. The van der Waals surface area contributed by atoms with Crippen LogP contribution in [0.4, 0.5) is 8.78 Å². The summed E-state index contributed by atoms with van der Waals surface area (Å²) in [6.45, 7) is -2.23. The number of aliphatic hydroxyl groups is 1. The summed E-state index contributed by atoms with van der Waals surface area (Å²) in [7, 11) is 0. The Bertz CT molecular complexity index is 453. The quantitative estimate of drug-likeness (QED) is 0.913. The highest BCUT2D eigenvalue weighted by atomic mass is 19.3. The number of hydrogen-bond donors (Lipinski definition) is 1. The van der Waals surface area contributed by atoms with E-state index in [1.54, 1.807) is 6.07 Å². The lowest BCUT2D eigenvalue weighted by molar-refractivity contribution is -0.0503. The molecule has 2 rings (SSSR count). The van der Waals surface area contributed by atoms with Gasteiger partial charge in [-0.15, -0.1) is 0 Å². The van der Waals surface area contributed by atoms with Gasteiger partial charge in [0.05, 0.1) is 11.7 Å². The summed E-state index contributed by atoms with van der Waals surface area (Å²) in [6, 6.07) is 5.90. The number of carbonyl (C=O) groups is 1. The molecule has 104 valence electrons. The zero-order valence-corrected chi connectivity index (χ0v) is 10.3. The number of benzene rings is 1. The largest absolute Gasteiger partial charge is 0.434 e. The van der Waals surface area contributed by atoms with Crippen molar-refractivity contribution in [3.05, 3.63) is 29.8 Å². The molecule has 6 heteroatoms. The molecule has 1 atom stereocenters. The molecule has 1 heterocycles. The van der Waals surface area contributed by atoms with E-state index in [-0.39, 0.29) is 17.9 Å². The number of para-hydroxylation sites is 1. The van der Waals surface area contributed by atoms with E-state index in [0.29, 0.717) is 19.4 Å². The fourth-order valence-corrected chi connectivity index (χ4v) is 2.15. The highest BCUT2D eigenvalue weighted by Crippen LogP contribution is 2.23. The second-order valence-electron chi connectivity index (χ2n) is 4.42. The first kappa shape index (κ1) is 13.7. The van der Waals surface area contributed by atoms with Crippen molar-refractivity contribution in [2.45, 2.75) is 25.6 Å². The molecule has 1 saturated heterocycles. The number of halogens is 2. The third-order valence-corrected chi connectivity index (χ3v) is 3.02. The Morgan fingerprint density at radius 1 is 1.42 bits per heavy atom. The summed E-state index contributed by atoms with van der Waals surface area (Å²) in [4.78, 5) is 13.7. The number of ether oxygens (including phenoxy) is 1. The van der Waals surface area contributed by atoms with Gasteiger partial charge in [0, 0.05) is 13.1 Å². The fourth-order valence-electron chi connectivity index (χ4n) is 2.15. The highest BCUT2D eigenvalue weighted by molar-refractivity contribution is 5.97. The maximum atomic E-state index is 12.3. The van der Waals surface area contributed by atoms with Crippen molar-refractivity contribution in [2.24, 2.45) is 0 Å². The molecule has 1 N–H and O–H groups in total. The van der Waals surface area contributed by atoms with Gasteiger partial charge in [-0.3, -0.25) is 4.79 Å². The van der Waals surface area contributed by atoms with Crippen LogP contribution in [-0.2, 0) is 0 Å². The lowest BCUT2D eigenvalue weighted by atomic mass is 10.1. The van der Waals surface area contributed by atoms with Crippen LogP contribution in [-0.4, -0.2) is 41.7 Å². The number of amides is 1. The predicted molar refractivity (Wildman–Crippen MR) is 64.2 cm³/mol. The van der Waals surface area contributed by atoms with Gasteiger partial charge >= 0.3 is 6.61 Å². The summed E-state index contributed by atoms with van der Waals surface area (Å²) < 4.78 is 28.9. The Hall–Kier alpha value is -1.69. The number of rotatable bonds is 3. The molecular weight excluding hydrogens is 256 g/mol. The van der Waals surface area contributed by atoms with E-state index in [0.717, 1.165) is 0 Å². The zero-order chi connectivity index (χ0) is 13.8. The minimum atomic E-state index is -2.97. The first-order valence-electron chi connectivity index (χ1n) is 6.09. The molecule has 1 aromatic rings. The van der Waals surface area contributed by atoms with Crippen LogP contribution in [0.15, 0.2) is 24.3 Å². The lowest BCUT2D eigenvalue weighted by Crippen LogP contribution is -2.42. The topological polar surface area (TPSA) is 49.8 Å². The molecule has 1 fully saturated rings. The highest BCUT2D eigenvalue weighted by Gasteiger charge is 2.25. The van der Waals surface area contributed by atoms with Crippen molar-refractivity contribution in [1.29, 1.82) is 0 Å². The monoisotopic (exact) mass is 271 g/mol. The molecule has 0 saturated carbocycles. The van der Waals surface area contributed by atoms with E-state index in [1.165, 1.54) is 23.1 Å². The Kier molecular flexibility index (Phi) is 4.31. The first-order chi connectivity index (χ1) is 9.08. The molecule has 0 bridgehead atoms. The Labute approximate surface area is 109 Å². The molecule has 1 aromatic carbocycles. The molecule has 19 heavy (non-hydrogen) atoms. The van der Waals surface area contributed by atoms with Crippen molar-refractivity contribution in [3.8, 4) is 5.75 Å². The molecular formula is C13H15F2NO3. The van der Waals surface area contributed by atoms with E-state index in [9.17, 15) is 18.7 Å².